The number of anilines is 1. The largest absolute Gasteiger partial charge is 0.377 e. The van der Waals surface area contributed by atoms with Crippen molar-refractivity contribution in [2.24, 2.45) is 23.2 Å². The number of nitrogens with zero attached hydrogens (tertiary/aromatic N) is 1. The van der Waals surface area contributed by atoms with Crippen LogP contribution in [-0.2, 0) is 4.79 Å². The molecule has 5 atom stereocenters. The van der Waals surface area contributed by atoms with Gasteiger partial charge in [-0.1, -0.05) is 38.2 Å². The molecule has 2 saturated carbocycles. The molecule has 0 aliphatic heterocycles. The van der Waals surface area contributed by atoms with Gasteiger partial charge in [-0.2, -0.15) is 0 Å². The molecule has 1 aromatic rings. The Balaban J connectivity index is 1.71. The minimum Gasteiger partial charge on any atom is -0.377 e. The number of benzene rings is 1. The summed E-state index contributed by atoms with van der Waals surface area (Å²) in [5.74, 6) is 5.44. The Morgan fingerprint density at radius 1 is 1.16 bits per heavy atom. The number of hydrogen-bond donors (Lipinski definition) is 1. The summed E-state index contributed by atoms with van der Waals surface area (Å²) in [4.78, 5) is 14.1. The van der Waals surface area contributed by atoms with Crippen molar-refractivity contribution in [1.82, 2.24) is 0 Å². The zero-order valence-corrected chi connectivity index (χ0v) is 22.8. The van der Waals surface area contributed by atoms with Crippen LogP contribution in [0.25, 0.3) is 0 Å². The molecule has 0 spiro atoms. The van der Waals surface area contributed by atoms with Crippen molar-refractivity contribution in [2.45, 2.75) is 84.2 Å². The van der Waals surface area contributed by atoms with Gasteiger partial charge in [-0.3, -0.25) is 4.79 Å². The summed E-state index contributed by atoms with van der Waals surface area (Å²) in [5.41, 5.74) is 2.14. The van der Waals surface area contributed by atoms with Gasteiger partial charge in [0.1, 0.15) is 17.2 Å². The third kappa shape index (κ3) is 4.16. The number of carbonyl (C=O) groups excluding carboxylic acids is 1. The number of allylic oxidation sites excluding steroid dienone is 4. The van der Waals surface area contributed by atoms with Gasteiger partial charge in [0.2, 0.25) is 0 Å². The predicted octanol–water partition coefficient (Wildman–Crippen LogP) is 6.71. The quantitative estimate of drug-likeness (QED) is 0.462. The molecule has 0 heterocycles. The highest BCUT2D eigenvalue weighted by Crippen LogP contribution is 2.67. The predicted molar refractivity (Wildman–Crippen MR) is 143 cm³/mol. The van der Waals surface area contributed by atoms with Crippen molar-refractivity contribution in [3.63, 3.8) is 0 Å². The molecule has 0 aromatic heterocycles. The van der Waals surface area contributed by atoms with E-state index in [1.807, 2.05) is 32.7 Å². The zero-order valence-electron chi connectivity index (χ0n) is 22.8. The molecule has 0 amide bonds. The monoisotopic (exact) mass is 507 g/mol. The van der Waals surface area contributed by atoms with E-state index >= 15 is 8.78 Å². The van der Waals surface area contributed by atoms with E-state index in [4.69, 9.17) is 0 Å². The molecule has 3 nitrogen and oxygen atoms in total. The van der Waals surface area contributed by atoms with Crippen LogP contribution >= 0.6 is 0 Å². The molecule has 1 aromatic carbocycles. The van der Waals surface area contributed by atoms with Gasteiger partial charge in [0, 0.05) is 48.5 Å². The Morgan fingerprint density at radius 2 is 1.86 bits per heavy atom. The van der Waals surface area contributed by atoms with E-state index in [2.05, 4.69) is 18.8 Å². The maximum Gasteiger partial charge on any atom is 0.156 e. The fraction of sp³-hybridized carbons (Fsp3) is 0.594. The molecule has 1 N–H and O–H groups in total. The zero-order chi connectivity index (χ0) is 26.7. The standard InChI is InChI=1S/C32H39F2NO2/c1-6-35(5)21-16-27(33)30(28(34)17-21)25-18-31(4)26(12-14-32(31,37)13-11-19(2)3)24-9-7-20-15-22(36)8-10-23(20)29(24)25/h15-17,19,24-26,37H,6-10,12,14,18H2,1-5H3/t24-,25-,26-,31-,32-/m0/s1. The fourth-order valence-corrected chi connectivity index (χ4v) is 7.70. The molecule has 0 saturated heterocycles. The van der Waals surface area contributed by atoms with Gasteiger partial charge >= 0.3 is 0 Å². The summed E-state index contributed by atoms with van der Waals surface area (Å²) in [7, 11) is 1.82. The highest BCUT2D eigenvalue weighted by atomic mass is 19.1. The first-order valence-electron chi connectivity index (χ1n) is 13.9. The number of rotatable bonds is 3. The van der Waals surface area contributed by atoms with E-state index in [1.54, 1.807) is 6.08 Å². The maximum atomic E-state index is 15.9. The highest BCUT2D eigenvalue weighted by molar-refractivity contribution is 5.93. The Labute approximate surface area is 220 Å². The Kier molecular flexibility index (Phi) is 6.64. The van der Waals surface area contributed by atoms with E-state index in [0.717, 1.165) is 36.0 Å². The van der Waals surface area contributed by atoms with Gasteiger partial charge in [-0.15, -0.1) is 0 Å². The van der Waals surface area contributed by atoms with E-state index < -0.39 is 28.6 Å². The van der Waals surface area contributed by atoms with Gasteiger partial charge in [-0.25, -0.2) is 8.78 Å². The van der Waals surface area contributed by atoms with Crippen LogP contribution in [-0.4, -0.2) is 30.1 Å². The number of hydrogen-bond acceptors (Lipinski definition) is 3. The average molecular weight is 508 g/mol. The van der Waals surface area contributed by atoms with Crippen LogP contribution in [0.3, 0.4) is 0 Å². The topological polar surface area (TPSA) is 40.5 Å². The second-order valence-corrected chi connectivity index (χ2v) is 12.2. The molecule has 198 valence electrons. The van der Waals surface area contributed by atoms with Crippen molar-refractivity contribution in [1.29, 1.82) is 0 Å². The summed E-state index contributed by atoms with van der Waals surface area (Å²) in [6.45, 7) is 8.70. The molecule has 5 heteroatoms. The summed E-state index contributed by atoms with van der Waals surface area (Å²) in [6, 6.07) is 2.89. The van der Waals surface area contributed by atoms with Crippen molar-refractivity contribution >= 4 is 11.5 Å². The van der Waals surface area contributed by atoms with Crippen molar-refractivity contribution in [3.05, 3.63) is 52.1 Å². The Hall–Kier alpha value is -2.45. The van der Waals surface area contributed by atoms with Gasteiger partial charge in [0.05, 0.1) is 0 Å². The van der Waals surface area contributed by atoms with Crippen LogP contribution in [0.2, 0.25) is 0 Å². The van der Waals surface area contributed by atoms with Gasteiger partial charge in [-0.05, 0) is 86.6 Å². The molecular weight excluding hydrogens is 468 g/mol. The summed E-state index contributed by atoms with van der Waals surface area (Å²) in [6.07, 6.45) is 6.33. The molecule has 0 bridgehead atoms. The number of ketones is 1. The Morgan fingerprint density at radius 3 is 2.51 bits per heavy atom. The molecule has 0 radical (unpaired) electrons. The minimum absolute atomic E-state index is 0.102. The molecular formula is C32H39F2NO2. The van der Waals surface area contributed by atoms with Crippen LogP contribution in [0.5, 0.6) is 0 Å². The first-order chi connectivity index (χ1) is 17.5. The number of carbonyl (C=O) groups is 1. The lowest BCUT2D eigenvalue weighted by atomic mass is 9.51. The summed E-state index contributed by atoms with van der Waals surface area (Å²) in [5, 5.41) is 12.0. The SMILES string of the molecule is CCN(C)c1cc(F)c([C@H]2C[C@@]3(C)[C@@H](CC[C@@]3(O)C#CC(C)C)[C@@H]3CCC4=CC(=O)CCC4=C32)c(F)c1. The van der Waals surface area contributed by atoms with Gasteiger partial charge in [0.15, 0.2) is 5.78 Å². The molecule has 0 unspecified atom stereocenters. The number of halogens is 2. The maximum absolute atomic E-state index is 15.9. The van der Waals surface area contributed by atoms with Gasteiger partial charge in [0.25, 0.3) is 0 Å². The van der Waals surface area contributed by atoms with Crippen molar-refractivity contribution in [2.75, 3.05) is 18.5 Å². The van der Waals surface area contributed by atoms with Crippen LogP contribution in [0, 0.1) is 46.6 Å². The third-order valence-corrected chi connectivity index (χ3v) is 9.78. The van der Waals surface area contributed by atoms with Crippen LogP contribution < -0.4 is 4.90 Å². The summed E-state index contributed by atoms with van der Waals surface area (Å²) < 4.78 is 31.8. The van der Waals surface area contributed by atoms with Crippen LogP contribution in [0.15, 0.2) is 34.9 Å². The third-order valence-electron chi connectivity index (χ3n) is 9.78. The Bertz CT molecular complexity index is 1230. The second-order valence-electron chi connectivity index (χ2n) is 12.2. The van der Waals surface area contributed by atoms with E-state index in [9.17, 15) is 9.90 Å². The normalized spacial score (nSPS) is 32.8. The van der Waals surface area contributed by atoms with Crippen molar-refractivity contribution < 1.29 is 18.7 Å². The summed E-state index contributed by atoms with van der Waals surface area (Å²) >= 11 is 0. The lowest BCUT2D eigenvalue weighted by Crippen LogP contribution is -2.51. The van der Waals surface area contributed by atoms with E-state index in [1.165, 1.54) is 12.1 Å². The minimum atomic E-state index is -1.19. The lowest BCUT2D eigenvalue weighted by Gasteiger charge is -2.53. The van der Waals surface area contributed by atoms with Crippen LogP contribution in [0.4, 0.5) is 14.5 Å². The number of aliphatic hydroxyl groups is 1. The first kappa shape index (κ1) is 26.2. The molecule has 4 aliphatic carbocycles. The average Bonchev–Trinajstić information content (AvgIpc) is 3.11. The van der Waals surface area contributed by atoms with E-state index in [-0.39, 0.29) is 29.1 Å². The number of fused-ring (bicyclic) bond motifs is 4. The van der Waals surface area contributed by atoms with Crippen LogP contribution in [0.1, 0.15) is 84.1 Å². The second kappa shape index (κ2) is 9.38. The highest BCUT2D eigenvalue weighted by Gasteiger charge is 2.63. The molecule has 5 rings (SSSR count). The molecule has 37 heavy (non-hydrogen) atoms. The van der Waals surface area contributed by atoms with E-state index in [0.29, 0.717) is 37.9 Å². The smallest absolute Gasteiger partial charge is 0.156 e. The lowest BCUT2D eigenvalue weighted by molar-refractivity contribution is -0.114. The molecule has 2 fully saturated rings. The fourth-order valence-electron chi connectivity index (χ4n) is 7.70. The van der Waals surface area contributed by atoms with Crippen molar-refractivity contribution in [3.8, 4) is 11.8 Å². The molecule has 4 aliphatic rings. The van der Waals surface area contributed by atoms with Gasteiger partial charge < -0.3 is 10.0 Å². The first-order valence-corrected chi connectivity index (χ1v) is 13.9.